The number of nitrogens with zero attached hydrogens (tertiary/aromatic N) is 4. The monoisotopic (exact) mass is 162 g/mol. The Kier molecular flexibility index (Phi) is 1.74. The van der Waals surface area contributed by atoms with Crippen LogP contribution in [0.15, 0.2) is 18.7 Å². The minimum absolute atomic E-state index is 0.915. The van der Waals surface area contributed by atoms with Gasteiger partial charge in [-0.2, -0.15) is 5.10 Å². The van der Waals surface area contributed by atoms with Gasteiger partial charge in [0.05, 0.1) is 12.4 Å². The normalized spacial score (nSPS) is 10.8. The molecular formula is C8H10N4. The average Bonchev–Trinajstić information content (AvgIpc) is 2.50. The van der Waals surface area contributed by atoms with E-state index in [1.165, 1.54) is 0 Å². The minimum Gasteiger partial charge on any atom is -0.262 e. The number of hydrogen-bond donors (Lipinski definition) is 0. The summed E-state index contributed by atoms with van der Waals surface area (Å²) in [5, 5.41) is 4.20. The van der Waals surface area contributed by atoms with E-state index in [0.717, 1.165) is 24.0 Å². The summed E-state index contributed by atoms with van der Waals surface area (Å²) in [5.41, 5.74) is 1.93. The van der Waals surface area contributed by atoms with Gasteiger partial charge >= 0.3 is 0 Å². The molecule has 2 heterocycles. The molecule has 4 heteroatoms. The van der Waals surface area contributed by atoms with Crippen LogP contribution in [0.3, 0.4) is 0 Å². The molecule has 0 bridgehead atoms. The van der Waals surface area contributed by atoms with Crippen LogP contribution in [0, 0.1) is 0 Å². The largest absolute Gasteiger partial charge is 0.262 e. The van der Waals surface area contributed by atoms with Crippen molar-refractivity contribution < 1.29 is 0 Å². The molecule has 0 saturated heterocycles. The molecular weight excluding hydrogens is 152 g/mol. The Balaban J connectivity index is 2.55. The maximum atomic E-state index is 4.20. The van der Waals surface area contributed by atoms with Crippen LogP contribution in [-0.2, 0) is 6.54 Å². The average molecular weight is 162 g/mol. The lowest BCUT2D eigenvalue weighted by atomic mass is 10.4. The molecule has 0 saturated carbocycles. The van der Waals surface area contributed by atoms with E-state index in [-0.39, 0.29) is 0 Å². The molecule has 2 aromatic rings. The molecule has 12 heavy (non-hydrogen) atoms. The van der Waals surface area contributed by atoms with E-state index in [9.17, 15) is 0 Å². The topological polar surface area (TPSA) is 43.6 Å². The Labute approximate surface area is 70.3 Å². The fourth-order valence-electron chi connectivity index (χ4n) is 1.21. The molecule has 0 aromatic carbocycles. The molecule has 4 nitrogen and oxygen atoms in total. The first-order chi connectivity index (χ1) is 5.92. The summed E-state index contributed by atoms with van der Waals surface area (Å²) in [4.78, 5) is 8.05. The summed E-state index contributed by atoms with van der Waals surface area (Å²) >= 11 is 0. The van der Waals surface area contributed by atoms with Crippen molar-refractivity contribution >= 4 is 11.0 Å². The smallest absolute Gasteiger partial charge is 0.116 e. The molecule has 0 radical (unpaired) electrons. The van der Waals surface area contributed by atoms with Gasteiger partial charge in [0.25, 0.3) is 0 Å². The third-order valence-corrected chi connectivity index (χ3v) is 1.76. The van der Waals surface area contributed by atoms with E-state index < -0.39 is 0 Å². The van der Waals surface area contributed by atoms with Crippen molar-refractivity contribution in [1.82, 2.24) is 19.7 Å². The Morgan fingerprint density at radius 1 is 1.42 bits per heavy atom. The third-order valence-electron chi connectivity index (χ3n) is 1.76. The van der Waals surface area contributed by atoms with Crippen molar-refractivity contribution in [1.29, 1.82) is 0 Å². The van der Waals surface area contributed by atoms with Gasteiger partial charge in [0.15, 0.2) is 0 Å². The first kappa shape index (κ1) is 7.21. The fraction of sp³-hybridized carbons (Fsp3) is 0.375. The van der Waals surface area contributed by atoms with E-state index in [2.05, 4.69) is 22.0 Å². The van der Waals surface area contributed by atoms with Gasteiger partial charge in [-0.05, 0) is 6.42 Å². The van der Waals surface area contributed by atoms with Gasteiger partial charge in [-0.25, -0.2) is 9.97 Å². The second-order valence-electron chi connectivity index (χ2n) is 2.66. The highest BCUT2D eigenvalue weighted by Gasteiger charge is 2.00. The lowest BCUT2D eigenvalue weighted by molar-refractivity contribution is 0.622. The lowest BCUT2D eigenvalue weighted by Gasteiger charge is -1.97. The zero-order chi connectivity index (χ0) is 8.39. The zero-order valence-corrected chi connectivity index (χ0v) is 6.94. The highest BCUT2D eigenvalue weighted by Crippen LogP contribution is 2.07. The van der Waals surface area contributed by atoms with Crippen molar-refractivity contribution in [2.24, 2.45) is 0 Å². The van der Waals surface area contributed by atoms with Crippen molar-refractivity contribution in [3.8, 4) is 0 Å². The molecule has 0 N–H and O–H groups in total. The van der Waals surface area contributed by atoms with Crippen LogP contribution in [0.25, 0.3) is 11.0 Å². The summed E-state index contributed by atoms with van der Waals surface area (Å²) in [7, 11) is 0. The molecule has 0 aliphatic heterocycles. The SMILES string of the molecule is CCCn1ncc2ncncc21. The quantitative estimate of drug-likeness (QED) is 0.667. The highest BCUT2D eigenvalue weighted by molar-refractivity contribution is 5.72. The predicted octanol–water partition coefficient (Wildman–Crippen LogP) is 1.24. The lowest BCUT2D eigenvalue weighted by Crippen LogP contribution is -1.98. The fourth-order valence-corrected chi connectivity index (χ4v) is 1.21. The Morgan fingerprint density at radius 3 is 3.17 bits per heavy atom. The second-order valence-corrected chi connectivity index (χ2v) is 2.66. The number of aryl methyl sites for hydroxylation is 1. The molecule has 0 fully saturated rings. The Hall–Kier alpha value is -1.45. The van der Waals surface area contributed by atoms with Crippen LogP contribution in [0.2, 0.25) is 0 Å². The van der Waals surface area contributed by atoms with Gasteiger partial charge in [0, 0.05) is 6.54 Å². The standard InChI is InChI=1S/C8H10N4/c1-2-3-12-8-5-9-6-10-7(8)4-11-12/h4-6H,2-3H2,1H3. The van der Waals surface area contributed by atoms with Crippen molar-refractivity contribution in [2.45, 2.75) is 19.9 Å². The van der Waals surface area contributed by atoms with Crippen LogP contribution in [0.1, 0.15) is 13.3 Å². The van der Waals surface area contributed by atoms with Gasteiger partial charge in [-0.15, -0.1) is 0 Å². The van der Waals surface area contributed by atoms with E-state index in [1.54, 1.807) is 18.7 Å². The Morgan fingerprint density at radius 2 is 2.33 bits per heavy atom. The molecule has 0 aliphatic rings. The zero-order valence-electron chi connectivity index (χ0n) is 6.94. The molecule has 0 spiro atoms. The van der Waals surface area contributed by atoms with Crippen LogP contribution < -0.4 is 0 Å². The van der Waals surface area contributed by atoms with Gasteiger partial charge in [-0.3, -0.25) is 4.68 Å². The summed E-state index contributed by atoms with van der Waals surface area (Å²) in [5.74, 6) is 0. The number of hydrogen-bond acceptors (Lipinski definition) is 3. The number of rotatable bonds is 2. The molecule has 0 amide bonds. The van der Waals surface area contributed by atoms with E-state index >= 15 is 0 Å². The summed E-state index contributed by atoms with van der Waals surface area (Å²) in [6, 6.07) is 0. The van der Waals surface area contributed by atoms with Crippen LogP contribution in [-0.4, -0.2) is 19.7 Å². The predicted molar refractivity (Wildman–Crippen MR) is 45.6 cm³/mol. The van der Waals surface area contributed by atoms with Crippen molar-refractivity contribution in [3.05, 3.63) is 18.7 Å². The number of aromatic nitrogens is 4. The van der Waals surface area contributed by atoms with E-state index in [0.29, 0.717) is 0 Å². The first-order valence-electron chi connectivity index (χ1n) is 4.03. The molecule has 0 atom stereocenters. The minimum atomic E-state index is 0.915. The highest BCUT2D eigenvalue weighted by atomic mass is 15.3. The maximum absolute atomic E-state index is 4.20. The summed E-state index contributed by atoms with van der Waals surface area (Å²) < 4.78 is 1.93. The summed E-state index contributed by atoms with van der Waals surface area (Å²) in [6.07, 6.45) is 6.18. The van der Waals surface area contributed by atoms with Crippen LogP contribution in [0.4, 0.5) is 0 Å². The van der Waals surface area contributed by atoms with Crippen LogP contribution >= 0.6 is 0 Å². The van der Waals surface area contributed by atoms with Crippen molar-refractivity contribution in [3.63, 3.8) is 0 Å². The molecule has 2 aromatic heterocycles. The molecule has 2 rings (SSSR count). The number of fused-ring (bicyclic) bond motifs is 1. The molecule has 0 unspecified atom stereocenters. The van der Waals surface area contributed by atoms with Gasteiger partial charge in [-0.1, -0.05) is 6.92 Å². The Bertz CT molecular complexity index is 379. The third kappa shape index (κ3) is 1.05. The van der Waals surface area contributed by atoms with Gasteiger partial charge < -0.3 is 0 Å². The maximum Gasteiger partial charge on any atom is 0.116 e. The molecule has 62 valence electrons. The van der Waals surface area contributed by atoms with Gasteiger partial charge in [0.1, 0.15) is 17.4 Å². The summed E-state index contributed by atoms with van der Waals surface area (Å²) in [6.45, 7) is 3.05. The van der Waals surface area contributed by atoms with E-state index in [1.807, 2.05) is 4.68 Å². The first-order valence-corrected chi connectivity index (χ1v) is 4.03. The van der Waals surface area contributed by atoms with Crippen LogP contribution in [0.5, 0.6) is 0 Å². The second kappa shape index (κ2) is 2.89. The van der Waals surface area contributed by atoms with Crippen molar-refractivity contribution in [2.75, 3.05) is 0 Å². The van der Waals surface area contributed by atoms with E-state index in [4.69, 9.17) is 0 Å². The van der Waals surface area contributed by atoms with Gasteiger partial charge in [0.2, 0.25) is 0 Å². The molecule has 0 aliphatic carbocycles.